The average molecular weight is 638 g/mol. The van der Waals surface area contributed by atoms with Gasteiger partial charge in [0, 0.05) is 12.5 Å². The van der Waals surface area contributed by atoms with Gasteiger partial charge in [-0.1, -0.05) is 62.4 Å². The van der Waals surface area contributed by atoms with E-state index >= 15 is 0 Å². The molecule has 46 heavy (non-hydrogen) atoms. The Bertz CT molecular complexity index is 1330. The summed E-state index contributed by atoms with van der Waals surface area (Å²) in [7, 11) is 0. The van der Waals surface area contributed by atoms with Crippen LogP contribution in [-0.4, -0.2) is 58.6 Å². The van der Waals surface area contributed by atoms with Crippen molar-refractivity contribution in [3.63, 3.8) is 0 Å². The van der Waals surface area contributed by atoms with Gasteiger partial charge in [-0.05, 0) is 103 Å². The Balaban J connectivity index is 2.61. The molecule has 0 saturated carbocycles. The molecule has 2 N–H and O–H groups in total. The van der Waals surface area contributed by atoms with E-state index in [1.807, 2.05) is 69.3 Å². The number of amides is 3. The molecule has 254 valence electrons. The van der Waals surface area contributed by atoms with Crippen LogP contribution in [0, 0.1) is 19.8 Å². The smallest absolute Gasteiger partial charge is 0.408 e. The molecule has 9 heteroatoms. The zero-order valence-electron chi connectivity index (χ0n) is 29.7. The minimum Gasteiger partial charge on any atom is -0.458 e. The minimum atomic E-state index is -1.09. The Hall–Kier alpha value is -3.88. The normalized spacial score (nSPS) is 13.7. The van der Waals surface area contributed by atoms with E-state index in [-0.39, 0.29) is 19.0 Å². The van der Waals surface area contributed by atoms with Gasteiger partial charge in [-0.15, -0.1) is 0 Å². The number of benzene rings is 2. The summed E-state index contributed by atoms with van der Waals surface area (Å²) in [4.78, 5) is 56.2. The third-order valence-electron chi connectivity index (χ3n) is 7.47. The third-order valence-corrected chi connectivity index (χ3v) is 7.47. The van der Waals surface area contributed by atoms with Crippen molar-refractivity contribution in [1.29, 1.82) is 0 Å². The van der Waals surface area contributed by atoms with Gasteiger partial charge in [-0.3, -0.25) is 9.59 Å². The topological polar surface area (TPSA) is 114 Å². The minimum absolute atomic E-state index is 0.206. The van der Waals surface area contributed by atoms with E-state index in [1.54, 1.807) is 46.4 Å². The first-order valence-corrected chi connectivity index (χ1v) is 16.2. The largest absolute Gasteiger partial charge is 0.458 e. The van der Waals surface area contributed by atoms with E-state index in [4.69, 9.17) is 9.47 Å². The molecule has 0 bridgehead atoms. The van der Waals surface area contributed by atoms with Crippen LogP contribution in [-0.2, 0) is 30.3 Å². The molecule has 0 spiro atoms. The summed E-state index contributed by atoms with van der Waals surface area (Å²) < 4.78 is 11.1. The van der Waals surface area contributed by atoms with E-state index in [0.29, 0.717) is 17.9 Å². The van der Waals surface area contributed by atoms with Crippen molar-refractivity contribution in [2.24, 2.45) is 5.92 Å². The fourth-order valence-corrected chi connectivity index (χ4v) is 5.07. The van der Waals surface area contributed by atoms with Crippen molar-refractivity contribution in [1.82, 2.24) is 15.5 Å². The maximum atomic E-state index is 14.6. The highest BCUT2D eigenvalue weighted by atomic mass is 16.6. The first-order valence-electron chi connectivity index (χ1n) is 16.2. The first kappa shape index (κ1) is 38.3. The van der Waals surface area contributed by atoms with Gasteiger partial charge in [0.25, 0.3) is 0 Å². The van der Waals surface area contributed by atoms with Crippen LogP contribution in [0.5, 0.6) is 0 Å². The van der Waals surface area contributed by atoms with E-state index in [0.717, 1.165) is 23.1 Å². The molecule has 0 aromatic heterocycles. The van der Waals surface area contributed by atoms with Crippen LogP contribution in [0.25, 0.3) is 0 Å². The molecule has 3 unspecified atom stereocenters. The average Bonchev–Trinajstić information content (AvgIpc) is 2.93. The first-order chi connectivity index (χ1) is 21.3. The molecule has 0 aliphatic rings. The van der Waals surface area contributed by atoms with Crippen LogP contribution < -0.4 is 10.6 Å². The van der Waals surface area contributed by atoms with E-state index in [2.05, 4.69) is 24.5 Å². The number of nitrogens with zero attached hydrogens (tertiary/aromatic N) is 1. The number of esters is 1. The highest BCUT2D eigenvalue weighted by Crippen LogP contribution is 2.30. The molecule has 0 saturated heterocycles. The summed E-state index contributed by atoms with van der Waals surface area (Å²) in [6.07, 6.45) is 0.929. The van der Waals surface area contributed by atoms with E-state index < -0.39 is 47.2 Å². The van der Waals surface area contributed by atoms with E-state index in [9.17, 15) is 19.2 Å². The number of rotatable bonds is 13. The zero-order valence-corrected chi connectivity index (χ0v) is 29.7. The monoisotopic (exact) mass is 637 g/mol. The van der Waals surface area contributed by atoms with Crippen molar-refractivity contribution in [3.8, 4) is 0 Å². The standard InChI is InChI=1S/C37H55N3O6/c1-24(2)20-21-26(4)40(31(41)23-38-35(44)46-37(9,10)11)32(29-19-15-16-25(3)27(29)5)33(42)39-30(34(43)45-36(6,7)8)22-28-17-13-12-14-18-28/h12-19,24,26,30,32H,20-23H2,1-11H3,(H,38,44)(H,39,42). The Morgan fingerprint density at radius 3 is 1.98 bits per heavy atom. The van der Waals surface area contributed by atoms with Crippen LogP contribution in [0.1, 0.15) is 103 Å². The Morgan fingerprint density at radius 1 is 0.804 bits per heavy atom. The lowest BCUT2D eigenvalue weighted by Crippen LogP contribution is -2.54. The van der Waals surface area contributed by atoms with Gasteiger partial charge in [-0.2, -0.15) is 0 Å². The molecular formula is C37H55N3O6. The van der Waals surface area contributed by atoms with Gasteiger partial charge in [0.05, 0.1) is 0 Å². The van der Waals surface area contributed by atoms with Crippen molar-refractivity contribution in [2.45, 2.75) is 125 Å². The van der Waals surface area contributed by atoms with Crippen molar-refractivity contribution in [2.75, 3.05) is 6.54 Å². The van der Waals surface area contributed by atoms with Gasteiger partial charge in [0.1, 0.15) is 29.8 Å². The second kappa shape index (κ2) is 16.6. The van der Waals surface area contributed by atoms with Gasteiger partial charge in [0.15, 0.2) is 0 Å². The summed E-state index contributed by atoms with van der Waals surface area (Å²) in [5.74, 6) is -1.15. The fourth-order valence-electron chi connectivity index (χ4n) is 5.07. The lowest BCUT2D eigenvalue weighted by atomic mass is 9.93. The number of carbonyl (C=O) groups excluding carboxylic acids is 4. The summed E-state index contributed by atoms with van der Waals surface area (Å²) in [6, 6.07) is 12.6. The summed E-state index contributed by atoms with van der Waals surface area (Å²) in [5, 5.41) is 5.53. The number of aryl methyl sites for hydroxylation is 1. The maximum absolute atomic E-state index is 14.6. The maximum Gasteiger partial charge on any atom is 0.408 e. The van der Waals surface area contributed by atoms with Crippen LogP contribution >= 0.6 is 0 Å². The van der Waals surface area contributed by atoms with Gasteiger partial charge in [0.2, 0.25) is 11.8 Å². The molecule has 3 atom stereocenters. The van der Waals surface area contributed by atoms with E-state index in [1.165, 1.54) is 0 Å². The molecule has 2 aromatic carbocycles. The van der Waals surface area contributed by atoms with Gasteiger partial charge >= 0.3 is 12.1 Å². The third kappa shape index (κ3) is 12.5. The highest BCUT2D eigenvalue weighted by molar-refractivity contribution is 5.93. The summed E-state index contributed by atoms with van der Waals surface area (Å²) in [5.41, 5.74) is 1.78. The van der Waals surface area contributed by atoms with Crippen LogP contribution in [0.2, 0.25) is 0 Å². The summed E-state index contributed by atoms with van der Waals surface area (Å²) in [6.45, 7) is 20.2. The van der Waals surface area contributed by atoms with Crippen molar-refractivity contribution in [3.05, 3.63) is 70.8 Å². The lowest BCUT2D eigenvalue weighted by Gasteiger charge is -2.38. The van der Waals surface area contributed by atoms with Gasteiger partial charge < -0.3 is 25.0 Å². The molecule has 0 aliphatic carbocycles. The second-order valence-corrected chi connectivity index (χ2v) is 14.5. The highest BCUT2D eigenvalue weighted by Gasteiger charge is 2.38. The molecule has 0 heterocycles. The number of carbonyl (C=O) groups is 4. The quantitative estimate of drug-likeness (QED) is 0.240. The van der Waals surface area contributed by atoms with Gasteiger partial charge in [-0.25, -0.2) is 9.59 Å². The number of nitrogens with one attached hydrogen (secondary N) is 2. The molecule has 2 rings (SSSR count). The number of hydrogen-bond donors (Lipinski definition) is 2. The van der Waals surface area contributed by atoms with Crippen molar-refractivity contribution >= 4 is 23.9 Å². The number of ether oxygens (including phenoxy) is 2. The fraction of sp³-hybridized carbons (Fsp3) is 0.568. The SMILES string of the molecule is Cc1cccc(C(C(=O)NC(Cc2ccccc2)C(=O)OC(C)(C)C)N(C(=O)CNC(=O)OC(C)(C)C)C(C)CCC(C)C)c1C. The molecule has 0 radical (unpaired) electrons. The molecule has 0 fully saturated rings. The number of hydrogen-bond acceptors (Lipinski definition) is 6. The zero-order chi connectivity index (χ0) is 34.8. The molecular weight excluding hydrogens is 582 g/mol. The van der Waals surface area contributed by atoms with Crippen LogP contribution in [0.3, 0.4) is 0 Å². The van der Waals surface area contributed by atoms with Crippen LogP contribution in [0.4, 0.5) is 4.79 Å². The predicted octanol–water partition coefficient (Wildman–Crippen LogP) is 6.59. The lowest BCUT2D eigenvalue weighted by molar-refractivity contribution is -0.159. The Kier molecular flexibility index (Phi) is 13.8. The second-order valence-electron chi connectivity index (χ2n) is 14.5. The Morgan fingerprint density at radius 2 is 1.41 bits per heavy atom. The number of alkyl carbamates (subject to hydrolysis) is 1. The Labute approximate surface area is 275 Å². The molecule has 3 amide bonds. The van der Waals surface area contributed by atoms with Crippen molar-refractivity contribution < 1.29 is 28.7 Å². The van der Waals surface area contributed by atoms with Crippen LogP contribution in [0.15, 0.2) is 48.5 Å². The molecule has 2 aromatic rings. The molecule has 0 aliphatic heterocycles. The predicted molar refractivity (Wildman–Crippen MR) is 181 cm³/mol. The molecule has 9 nitrogen and oxygen atoms in total. The summed E-state index contributed by atoms with van der Waals surface area (Å²) >= 11 is 0.